The molecule has 2 aliphatic heterocycles. The van der Waals surface area contributed by atoms with Crippen LogP contribution < -0.4 is 9.80 Å². The van der Waals surface area contributed by atoms with Gasteiger partial charge >= 0.3 is 0 Å². The molecule has 0 aliphatic carbocycles. The maximum atomic E-state index is 10.7. The molecule has 5 rings (SSSR count). The lowest BCUT2D eigenvalue weighted by Crippen LogP contribution is -2.44. The highest BCUT2D eigenvalue weighted by Gasteiger charge is 2.32. The fourth-order valence-electron chi connectivity index (χ4n) is 4.33. The Hall–Kier alpha value is -3.03. The largest absolute Gasteiger partial charge is 0.509 e. The van der Waals surface area contributed by atoms with Gasteiger partial charge in [0.1, 0.15) is 17.4 Å². The molecule has 0 atom stereocenters. The zero-order valence-corrected chi connectivity index (χ0v) is 18.4. The molecule has 3 N–H and O–H groups in total. The van der Waals surface area contributed by atoms with Crippen LogP contribution in [0, 0.1) is 12.3 Å². The Morgan fingerprint density at radius 3 is 2.61 bits per heavy atom. The standard InChI is InChI=1S/C23H25ClN6O/c1-14-11-15(24)3-6-19(14)30-13-20(31)21(22(30)25)23-26-17-5-4-16(12-18(17)27-23)29-9-7-28(2)8-10-29/h3-6,11-12,25,31H,7-10,13H2,1-2H3,(H,26,27). The second-order valence-corrected chi connectivity index (χ2v) is 8.70. The number of aromatic amines is 1. The van der Waals surface area contributed by atoms with Crippen LogP contribution in [0.15, 0.2) is 42.2 Å². The highest BCUT2D eigenvalue weighted by molar-refractivity contribution is 6.32. The van der Waals surface area contributed by atoms with E-state index in [4.69, 9.17) is 17.0 Å². The number of piperazine rings is 1. The fourth-order valence-corrected chi connectivity index (χ4v) is 4.56. The monoisotopic (exact) mass is 436 g/mol. The summed E-state index contributed by atoms with van der Waals surface area (Å²) in [6, 6.07) is 11.7. The summed E-state index contributed by atoms with van der Waals surface area (Å²) in [5.41, 5.74) is 5.13. The molecule has 3 aromatic rings. The Morgan fingerprint density at radius 2 is 1.87 bits per heavy atom. The number of nitrogens with one attached hydrogen (secondary N) is 2. The van der Waals surface area contributed by atoms with Gasteiger partial charge in [0, 0.05) is 42.6 Å². The normalized spacial score (nSPS) is 18.0. The third-order valence-corrected chi connectivity index (χ3v) is 6.36. The van der Waals surface area contributed by atoms with Crippen LogP contribution in [0.5, 0.6) is 0 Å². The average molecular weight is 437 g/mol. The predicted octanol–water partition coefficient (Wildman–Crippen LogP) is 4.04. The summed E-state index contributed by atoms with van der Waals surface area (Å²) < 4.78 is 0. The van der Waals surface area contributed by atoms with Crippen LogP contribution in [-0.2, 0) is 0 Å². The van der Waals surface area contributed by atoms with Crippen molar-refractivity contribution < 1.29 is 5.11 Å². The molecule has 0 saturated carbocycles. The first-order chi connectivity index (χ1) is 14.9. The van der Waals surface area contributed by atoms with Crippen molar-refractivity contribution in [3.63, 3.8) is 0 Å². The molecule has 2 aliphatic rings. The van der Waals surface area contributed by atoms with E-state index in [0.29, 0.717) is 16.4 Å². The molecule has 3 heterocycles. The SMILES string of the molecule is Cc1cc(Cl)ccc1N1CC(O)=C(c2nc3ccc(N4CCN(C)CC4)cc3[nH]2)C1=N. The maximum Gasteiger partial charge on any atom is 0.145 e. The summed E-state index contributed by atoms with van der Waals surface area (Å²) in [4.78, 5) is 14.5. The molecule has 2 aromatic carbocycles. The smallest absolute Gasteiger partial charge is 0.145 e. The van der Waals surface area contributed by atoms with Gasteiger partial charge in [0.2, 0.25) is 0 Å². The number of H-pyrrole nitrogens is 1. The van der Waals surface area contributed by atoms with Crippen molar-refractivity contribution in [2.24, 2.45) is 0 Å². The van der Waals surface area contributed by atoms with Gasteiger partial charge in [-0.15, -0.1) is 0 Å². The minimum atomic E-state index is 0.137. The summed E-state index contributed by atoms with van der Waals surface area (Å²) in [6.45, 7) is 6.27. The van der Waals surface area contributed by atoms with Gasteiger partial charge < -0.3 is 24.8 Å². The number of hydrogen-bond donors (Lipinski definition) is 3. The van der Waals surface area contributed by atoms with Crippen LogP contribution in [0.4, 0.5) is 11.4 Å². The summed E-state index contributed by atoms with van der Waals surface area (Å²) in [5, 5.41) is 20.1. The number of aromatic nitrogens is 2. The molecule has 7 nitrogen and oxygen atoms in total. The number of hydrogen-bond acceptors (Lipinski definition) is 5. The zero-order valence-electron chi connectivity index (χ0n) is 17.6. The van der Waals surface area contributed by atoms with Gasteiger partial charge in [0.25, 0.3) is 0 Å². The number of halogens is 1. The van der Waals surface area contributed by atoms with Crippen molar-refractivity contribution in [3.05, 3.63) is 58.6 Å². The number of imidazole rings is 1. The summed E-state index contributed by atoms with van der Waals surface area (Å²) in [7, 11) is 2.15. The van der Waals surface area contributed by atoms with Gasteiger partial charge in [-0.3, -0.25) is 5.41 Å². The third-order valence-electron chi connectivity index (χ3n) is 6.12. The zero-order chi connectivity index (χ0) is 21.7. The minimum absolute atomic E-state index is 0.137. The number of amidine groups is 1. The van der Waals surface area contributed by atoms with Gasteiger partial charge in [-0.1, -0.05) is 11.6 Å². The van der Waals surface area contributed by atoms with E-state index >= 15 is 0 Å². The molecule has 0 spiro atoms. The Balaban J connectivity index is 1.44. The van der Waals surface area contributed by atoms with Crippen LogP contribution in [-0.4, -0.2) is 65.6 Å². The number of aryl methyl sites for hydroxylation is 1. The molecule has 0 radical (unpaired) electrons. The maximum absolute atomic E-state index is 10.7. The molecule has 8 heteroatoms. The van der Waals surface area contributed by atoms with Gasteiger partial charge in [-0.05, 0) is 55.9 Å². The van der Waals surface area contributed by atoms with Crippen LogP contribution in [0.1, 0.15) is 11.4 Å². The second kappa shape index (κ2) is 7.59. The Kier molecular flexibility index (Phi) is 4.87. The van der Waals surface area contributed by atoms with E-state index in [-0.39, 0.29) is 18.1 Å². The van der Waals surface area contributed by atoms with Crippen LogP contribution in [0.3, 0.4) is 0 Å². The lowest BCUT2D eigenvalue weighted by atomic mass is 10.1. The summed E-state index contributed by atoms with van der Waals surface area (Å²) in [6.07, 6.45) is 0. The van der Waals surface area contributed by atoms with Crippen molar-refractivity contribution in [2.45, 2.75) is 6.92 Å². The van der Waals surface area contributed by atoms with Gasteiger partial charge in [0.05, 0.1) is 23.2 Å². The molecule has 0 bridgehead atoms. The predicted molar refractivity (Wildman–Crippen MR) is 127 cm³/mol. The number of nitrogens with zero attached hydrogens (tertiary/aromatic N) is 4. The van der Waals surface area contributed by atoms with Gasteiger partial charge in [0.15, 0.2) is 0 Å². The van der Waals surface area contributed by atoms with Gasteiger partial charge in [-0.25, -0.2) is 4.98 Å². The van der Waals surface area contributed by atoms with E-state index in [0.717, 1.165) is 54.2 Å². The summed E-state index contributed by atoms with van der Waals surface area (Å²) in [5.74, 6) is 0.876. The third kappa shape index (κ3) is 3.54. The van der Waals surface area contributed by atoms with Gasteiger partial charge in [-0.2, -0.15) is 0 Å². The molecule has 1 fully saturated rings. The molecule has 160 valence electrons. The van der Waals surface area contributed by atoms with E-state index in [1.165, 1.54) is 0 Å². The van der Waals surface area contributed by atoms with E-state index in [9.17, 15) is 5.11 Å². The number of benzene rings is 2. The quantitative estimate of drug-likeness (QED) is 0.577. The molecule has 31 heavy (non-hydrogen) atoms. The molecule has 0 unspecified atom stereocenters. The van der Waals surface area contributed by atoms with Crippen LogP contribution in [0.2, 0.25) is 5.02 Å². The van der Waals surface area contributed by atoms with E-state index in [2.05, 4.69) is 38.9 Å². The number of fused-ring (bicyclic) bond motifs is 1. The molecule has 1 saturated heterocycles. The number of rotatable bonds is 3. The lowest BCUT2D eigenvalue weighted by molar-refractivity contribution is 0.313. The van der Waals surface area contributed by atoms with E-state index < -0.39 is 0 Å². The first-order valence-corrected chi connectivity index (χ1v) is 10.8. The summed E-state index contributed by atoms with van der Waals surface area (Å²) >= 11 is 6.08. The molecular weight excluding hydrogens is 412 g/mol. The first kappa shape index (κ1) is 19.9. The fraction of sp³-hybridized carbons (Fsp3) is 0.304. The lowest BCUT2D eigenvalue weighted by Gasteiger charge is -2.34. The molecule has 0 amide bonds. The number of likely N-dealkylation sites (N-methyl/N-ethyl adjacent to an activating group) is 1. The number of anilines is 2. The van der Waals surface area contributed by atoms with Crippen molar-refractivity contribution in [3.8, 4) is 0 Å². The first-order valence-electron chi connectivity index (χ1n) is 10.4. The van der Waals surface area contributed by atoms with Crippen molar-refractivity contribution in [1.29, 1.82) is 5.41 Å². The van der Waals surface area contributed by atoms with E-state index in [1.54, 1.807) is 11.0 Å². The van der Waals surface area contributed by atoms with Crippen LogP contribution >= 0.6 is 11.6 Å². The Labute approximate surface area is 186 Å². The highest BCUT2D eigenvalue weighted by Crippen LogP contribution is 2.33. The topological polar surface area (TPSA) is 82.5 Å². The molecule has 1 aromatic heterocycles. The van der Waals surface area contributed by atoms with Crippen LogP contribution in [0.25, 0.3) is 16.6 Å². The Bertz CT molecular complexity index is 1210. The Morgan fingerprint density at radius 1 is 1.10 bits per heavy atom. The van der Waals surface area contributed by atoms with E-state index in [1.807, 2.05) is 25.1 Å². The number of aliphatic hydroxyl groups is 1. The second-order valence-electron chi connectivity index (χ2n) is 8.26. The minimum Gasteiger partial charge on any atom is -0.509 e. The van der Waals surface area contributed by atoms with Crippen molar-refractivity contribution in [1.82, 2.24) is 14.9 Å². The average Bonchev–Trinajstić information content (AvgIpc) is 3.28. The number of aliphatic hydroxyl groups excluding tert-OH is 1. The molecular formula is C23H25ClN6O. The van der Waals surface area contributed by atoms with Crippen molar-refractivity contribution >= 4 is 45.4 Å². The van der Waals surface area contributed by atoms with Crippen molar-refractivity contribution in [2.75, 3.05) is 49.6 Å². The highest BCUT2D eigenvalue weighted by atomic mass is 35.5.